The number of rotatable bonds is 3. The number of nitrogens with one attached hydrogen (secondary N) is 2. The smallest absolute Gasteiger partial charge is 0.273 e. The molecule has 1 amide bonds. The van der Waals surface area contributed by atoms with Crippen LogP contribution in [0.25, 0.3) is 10.9 Å². The van der Waals surface area contributed by atoms with Crippen molar-refractivity contribution >= 4 is 23.0 Å². The summed E-state index contributed by atoms with van der Waals surface area (Å²) in [6, 6.07) is 11.1. The average molecular weight is 264 g/mol. The molecule has 0 aliphatic rings. The molecule has 2 aromatic heterocycles. The van der Waals surface area contributed by atoms with Crippen molar-refractivity contribution in [2.75, 3.05) is 0 Å². The lowest BCUT2D eigenvalue weighted by Crippen LogP contribution is -2.18. The monoisotopic (exact) mass is 264 g/mol. The summed E-state index contributed by atoms with van der Waals surface area (Å²) in [5.41, 5.74) is 4.71. The van der Waals surface area contributed by atoms with E-state index in [-0.39, 0.29) is 5.91 Å². The largest absolute Gasteiger partial charge is 0.361 e. The molecule has 0 unspecified atom stereocenters. The van der Waals surface area contributed by atoms with E-state index >= 15 is 0 Å². The van der Waals surface area contributed by atoms with Gasteiger partial charge in [-0.2, -0.15) is 5.10 Å². The van der Waals surface area contributed by atoms with Crippen molar-refractivity contribution in [3.05, 3.63) is 66.1 Å². The molecule has 0 aliphatic carbocycles. The first kappa shape index (κ1) is 12.1. The van der Waals surface area contributed by atoms with E-state index in [0.29, 0.717) is 5.56 Å². The van der Waals surface area contributed by atoms with Crippen LogP contribution in [0.3, 0.4) is 0 Å². The van der Waals surface area contributed by atoms with E-state index in [1.807, 2.05) is 30.3 Å². The van der Waals surface area contributed by atoms with Gasteiger partial charge in [0.1, 0.15) is 0 Å². The number of aromatic amines is 1. The lowest BCUT2D eigenvalue weighted by atomic mass is 10.1. The second-order valence-corrected chi connectivity index (χ2v) is 4.23. The fourth-order valence-electron chi connectivity index (χ4n) is 1.95. The number of fused-ring (bicyclic) bond motifs is 1. The van der Waals surface area contributed by atoms with Gasteiger partial charge in [-0.15, -0.1) is 0 Å². The van der Waals surface area contributed by atoms with Gasteiger partial charge in [0.25, 0.3) is 5.91 Å². The van der Waals surface area contributed by atoms with Crippen LogP contribution in [0.2, 0.25) is 0 Å². The van der Waals surface area contributed by atoms with Crippen LogP contribution in [0.1, 0.15) is 15.9 Å². The van der Waals surface area contributed by atoms with Gasteiger partial charge >= 0.3 is 0 Å². The molecule has 5 nitrogen and oxygen atoms in total. The predicted molar refractivity (Wildman–Crippen MR) is 77.6 cm³/mol. The zero-order valence-corrected chi connectivity index (χ0v) is 10.6. The van der Waals surface area contributed by atoms with E-state index in [1.165, 1.54) is 0 Å². The Bertz CT molecular complexity index is 762. The average Bonchev–Trinajstić information content (AvgIpc) is 2.96. The molecule has 0 radical (unpaired) electrons. The van der Waals surface area contributed by atoms with Gasteiger partial charge < -0.3 is 4.98 Å². The SMILES string of the molecule is O=C(N/N=C/c1cccnc1)c1cccc2cc[nH]c12. The first-order chi connectivity index (χ1) is 9.84. The summed E-state index contributed by atoms with van der Waals surface area (Å²) in [6.45, 7) is 0. The van der Waals surface area contributed by atoms with Crippen LogP contribution in [-0.2, 0) is 0 Å². The van der Waals surface area contributed by atoms with Crippen LogP contribution < -0.4 is 5.43 Å². The van der Waals surface area contributed by atoms with Crippen LogP contribution in [-0.4, -0.2) is 22.1 Å². The topological polar surface area (TPSA) is 70.1 Å². The number of hydrogen-bond acceptors (Lipinski definition) is 3. The summed E-state index contributed by atoms with van der Waals surface area (Å²) in [4.78, 5) is 19.1. The van der Waals surface area contributed by atoms with Crippen molar-refractivity contribution in [2.45, 2.75) is 0 Å². The van der Waals surface area contributed by atoms with Crippen molar-refractivity contribution in [2.24, 2.45) is 5.10 Å². The highest BCUT2D eigenvalue weighted by Crippen LogP contribution is 2.16. The number of hydrazone groups is 1. The molecular formula is C15H12N4O. The number of carbonyl (C=O) groups excluding carboxylic acids is 1. The first-order valence-electron chi connectivity index (χ1n) is 6.14. The number of benzene rings is 1. The molecule has 2 heterocycles. The number of hydrogen-bond donors (Lipinski definition) is 2. The molecular weight excluding hydrogens is 252 g/mol. The van der Waals surface area contributed by atoms with Crippen molar-refractivity contribution in [1.82, 2.24) is 15.4 Å². The van der Waals surface area contributed by atoms with Crippen molar-refractivity contribution in [1.29, 1.82) is 0 Å². The Morgan fingerprint density at radius 1 is 1.25 bits per heavy atom. The molecule has 0 aliphatic heterocycles. The predicted octanol–water partition coefficient (Wildman–Crippen LogP) is 2.33. The van der Waals surface area contributed by atoms with Crippen LogP contribution >= 0.6 is 0 Å². The van der Waals surface area contributed by atoms with Crippen LogP contribution in [0, 0.1) is 0 Å². The highest BCUT2D eigenvalue weighted by atomic mass is 16.2. The van der Waals surface area contributed by atoms with E-state index in [2.05, 4.69) is 20.5 Å². The van der Waals surface area contributed by atoms with Crippen LogP contribution in [0.15, 0.2) is 60.1 Å². The van der Waals surface area contributed by atoms with Crippen molar-refractivity contribution < 1.29 is 4.79 Å². The Labute approximate surface area is 115 Å². The Hall–Kier alpha value is -2.95. The number of nitrogens with zero attached hydrogens (tertiary/aromatic N) is 2. The maximum atomic E-state index is 12.1. The van der Waals surface area contributed by atoms with E-state index in [9.17, 15) is 4.79 Å². The number of aromatic nitrogens is 2. The van der Waals surface area contributed by atoms with E-state index < -0.39 is 0 Å². The fraction of sp³-hybridized carbons (Fsp3) is 0. The fourth-order valence-corrected chi connectivity index (χ4v) is 1.95. The molecule has 0 fully saturated rings. The van der Waals surface area contributed by atoms with E-state index in [0.717, 1.165) is 16.5 Å². The second kappa shape index (κ2) is 5.36. The second-order valence-electron chi connectivity index (χ2n) is 4.23. The number of para-hydroxylation sites is 1. The molecule has 3 rings (SSSR count). The summed E-state index contributed by atoms with van der Waals surface area (Å²) < 4.78 is 0. The Morgan fingerprint density at radius 2 is 2.20 bits per heavy atom. The zero-order chi connectivity index (χ0) is 13.8. The lowest BCUT2D eigenvalue weighted by Gasteiger charge is -2.01. The minimum atomic E-state index is -0.252. The summed E-state index contributed by atoms with van der Waals surface area (Å²) >= 11 is 0. The minimum Gasteiger partial charge on any atom is -0.361 e. The third kappa shape index (κ3) is 2.42. The molecule has 5 heteroatoms. The highest BCUT2D eigenvalue weighted by molar-refractivity contribution is 6.05. The molecule has 2 N–H and O–H groups in total. The van der Waals surface area contributed by atoms with Gasteiger partial charge in [0.05, 0.1) is 17.3 Å². The van der Waals surface area contributed by atoms with Gasteiger partial charge in [-0.3, -0.25) is 9.78 Å². The normalized spacial score (nSPS) is 11.0. The number of H-pyrrole nitrogens is 1. The lowest BCUT2D eigenvalue weighted by molar-refractivity contribution is 0.0956. The Balaban J connectivity index is 1.77. The summed E-state index contributed by atoms with van der Waals surface area (Å²) in [5.74, 6) is -0.252. The third-order valence-electron chi connectivity index (χ3n) is 2.90. The Kier molecular flexibility index (Phi) is 3.24. The molecule has 0 saturated carbocycles. The van der Waals surface area contributed by atoms with Gasteiger partial charge in [-0.25, -0.2) is 5.43 Å². The van der Waals surface area contributed by atoms with Crippen LogP contribution in [0.5, 0.6) is 0 Å². The molecule has 1 aromatic carbocycles. The van der Waals surface area contributed by atoms with E-state index in [1.54, 1.807) is 30.9 Å². The van der Waals surface area contributed by atoms with Crippen molar-refractivity contribution in [3.63, 3.8) is 0 Å². The molecule has 0 spiro atoms. The molecule has 0 bridgehead atoms. The third-order valence-corrected chi connectivity index (χ3v) is 2.90. The summed E-state index contributed by atoms with van der Waals surface area (Å²) in [7, 11) is 0. The number of amides is 1. The number of carbonyl (C=O) groups is 1. The first-order valence-corrected chi connectivity index (χ1v) is 6.14. The maximum absolute atomic E-state index is 12.1. The van der Waals surface area contributed by atoms with Gasteiger partial charge in [0, 0.05) is 29.5 Å². The van der Waals surface area contributed by atoms with Gasteiger partial charge in [-0.1, -0.05) is 18.2 Å². The zero-order valence-electron chi connectivity index (χ0n) is 10.6. The maximum Gasteiger partial charge on any atom is 0.273 e. The standard InChI is InChI=1S/C15H12N4O/c20-15(19-18-10-11-3-2-7-16-9-11)13-5-1-4-12-6-8-17-14(12)13/h1-10,17H,(H,19,20)/b18-10+. The van der Waals surface area contributed by atoms with Crippen molar-refractivity contribution in [3.8, 4) is 0 Å². The quantitative estimate of drug-likeness (QED) is 0.563. The minimum absolute atomic E-state index is 0.252. The highest BCUT2D eigenvalue weighted by Gasteiger charge is 2.09. The van der Waals surface area contributed by atoms with Crippen LogP contribution in [0.4, 0.5) is 0 Å². The van der Waals surface area contributed by atoms with E-state index in [4.69, 9.17) is 0 Å². The number of pyridine rings is 1. The summed E-state index contributed by atoms with van der Waals surface area (Å²) in [6.07, 6.45) is 6.71. The van der Waals surface area contributed by atoms with Gasteiger partial charge in [0.15, 0.2) is 0 Å². The molecule has 0 saturated heterocycles. The summed E-state index contributed by atoms with van der Waals surface area (Å²) in [5, 5.41) is 4.93. The van der Waals surface area contributed by atoms with Gasteiger partial charge in [-0.05, 0) is 18.2 Å². The molecule has 98 valence electrons. The molecule has 0 atom stereocenters. The Morgan fingerprint density at radius 3 is 3.05 bits per heavy atom. The van der Waals surface area contributed by atoms with Gasteiger partial charge in [0.2, 0.25) is 0 Å². The molecule has 3 aromatic rings. The molecule has 20 heavy (non-hydrogen) atoms.